The first kappa shape index (κ1) is 12.8. The van der Waals surface area contributed by atoms with E-state index in [1.807, 2.05) is 0 Å². The van der Waals surface area contributed by atoms with Crippen molar-refractivity contribution in [3.05, 3.63) is 0 Å². The molecule has 2 saturated heterocycles. The predicted molar refractivity (Wildman–Crippen MR) is 58.3 cm³/mol. The average molecular weight is 245 g/mol. The van der Waals surface area contributed by atoms with Crippen molar-refractivity contribution < 1.29 is 24.1 Å². The van der Waals surface area contributed by atoms with Crippen molar-refractivity contribution in [2.24, 2.45) is 0 Å². The van der Waals surface area contributed by atoms with Crippen molar-refractivity contribution in [2.45, 2.75) is 50.9 Å². The first-order valence-corrected chi connectivity index (χ1v) is 5.88. The fourth-order valence-corrected chi connectivity index (χ4v) is 2.32. The van der Waals surface area contributed by atoms with E-state index in [0.29, 0.717) is 13.2 Å². The van der Waals surface area contributed by atoms with Crippen molar-refractivity contribution in [2.75, 3.05) is 13.2 Å². The fraction of sp³-hybridized carbons (Fsp3) is 0.909. The van der Waals surface area contributed by atoms with Gasteiger partial charge in [-0.05, 0) is 20.8 Å². The highest BCUT2D eigenvalue weighted by atomic mass is 16.8. The summed E-state index contributed by atoms with van der Waals surface area (Å²) >= 11 is 0. The highest BCUT2D eigenvalue weighted by molar-refractivity contribution is 5.77. The number of rotatable bonds is 2. The highest BCUT2D eigenvalue weighted by Gasteiger charge is 2.51. The summed E-state index contributed by atoms with van der Waals surface area (Å²) in [7, 11) is 0. The minimum Gasteiger partial charge on any atom is -0.465 e. The number of carbonyl (C=O) groups excluding carboxylic acids is 1. The van der Waals surface area contributed by atoms with Crippen molar-refractivity contribution >= 4 is 5.97 Å². The Morgan fingerprint density at radius 2 is 2.24 bits per heavy atom. The summed E-state index contributed by atoms with van der Waals surface area (Å²) in [5.74, 6) is -1.17. The SMILES string of the molecule is CCOC(=O)[C@H]1NC[C@@H]2OC(C)(C)O[C@@H]2[C@H]1O. The Morgan fingerprint density at radius 1 is 1.53 bits per heavy atom. The maximum Gasteiger partial charge on any atom is 0.325 e. The molecule has 0 amide bonds. The summed E-state index contributed by atoms with van der Waals surface area (Å²) in [4.78, 5) is 11.6. The normalized spacial score (nSPS) is 39.8. The lowest BCUT2D eigenvalue weighted by molar-refractivity contribution is -0.162. The van der Waals surface area contributed by atoms with Gasteiger partial charge in [-0.25, -0.2) is 0 Å². The molecule has 0 aromatic heterocycles. The van der Waals surface area contributed by atoms with E-state index in [1.165, 1.54) is 0 Å². The summed E-state index contributed by atoms with van der Waals surface area (Å²) in [5.41, 5.74) is 0. The third-order valence-electron chi connectivity index (χ3n) is 2.98. The molecule has 98 valence electrons. The Morgan fingerprint density at radius 3 is 2.88 bits per heavy atom. The van der Waals surface area contributed by atoms with Crippen LogP contribution in [0.3, 0.4) is 0 Å². The maximum atomic E-state index is 11.6. The average Bonchev–Trinajstić information content (AvgIpc) is 2.54. The van der Waals surface area contributed by atoms with Crippen LogP contribution in [0.2, 0.25) is 0 Å². The monoisotopic (exact) mass is 245 g/mol. The van der Waals surface area contributed by atoms with Crippen LogP contribution in [-0.2, 0) is 19.0 Å². The number of esters is 1. The van der Waals surface area contributed by atoms with E-state index < -0.39 is 30.0 Å². The summed E-state index contributed by atoms with van der Waals surface area (Å²) in [5, 5.41) is 13.0. The lowest BCUT2D eigenvalue weighted by Gasteiger charge is -2.34. The summed E-state index contributed by atoms with van der Waals surface area (Å²) in [6.07, 6.45) is -1.67. The second-order valence-corrected chi connectivity index (χ2v) is 4.77. The van der Waals surface area contributed by atoms with Crippen LogP contribution in [0.1, 0.15) is 20.8 Å². The molecule has 4 atom stereocenters. The van der Waals surface area contributed by atoms with E-state index in [1.54, 1.807) is 20.8 Å². The molecule has 6 heteroatoms. The summed E-state index contributed by atoms with van der Waals surface area (Å²) < 4.78 is 16.1. The van der Waals surface area contributed by atoms with Crippen molar-refractivity contribution in [3.8, 4) is 0 Å². The molecule has 0 aliphatic carbocycles. The van der Waals surface area contributed by atoms with Gasteiger partial charge < -0.3 is 19.3 Å². The second-order valence-electron chi connectivity index (χ2n) is 4.77. The zero-order chi connectivity index (χ0) is 12.6. The van der Waals surface area contributed by atoms with Crippen LogP contribution in [0.5, 0.6) is 0 Å². The fourth-order valence-electron chi connectivity index (χ4n) is 2.32. The molecule has 2 aliphatic heterocycles. The molecule has 0 bridgehead atoms. The molecule has 0 saturated carbocycles. The van der Waals surface area contributed by atoms with Gasteiger partial charge in [0.05, 0.1) is 6.61 Å². The molecule has 17 heavy (non-hydrogen) atoms. The molecule has 0 unspecified atom stereocenters. The van der Waals surface area contributed by atoms with E-state index in [-0.39, 0.29) is 6.10 Å². The van der Waals surface area contributed by atoms with Crippen LogP contribution < -0.4 is 5.32 Å². The predicted octanol–water partition coefficient (Wildman–Crippen LogP) is -0.598. The number of aliphatic hydroxyl groups is 1. The lowest BCUT2D eigenvalue weighted by Crippen LogP contribution is -2.61. The Hall–Kier alpha value is -0.690. The van der Waals surface area contributed by atoms with Gasteiger partial charge in [0.1, 0.15) is 24.4 Å². The van der Waals surface area contributed by atoms with E-state index in [9.17, 15) is 9.90 Å². The molecule has 2 aliphatic rings. The second kappa shape index (κ2) is 4.53. The Bertz CT molecular complexity index is 306. The molecule has 2 fully saturated rings. The third kappa shape index (κ3) is 2.44. The molecule has 2 heterocycles. The van der Waals surface area contributed by atoms with Gasteiger partial charge in [-0.2, -0.15) is 0 Å². The van der Waals surface area contributed by atoms with Gasteiger partial charge in [0.25, 0.3) is 0 Å². The lowest BCUT2D eigenvalue weighted by atomic mass is 9.96. The minimum absolute atomic E-state index is 0.231. The van der Waals surface area contributed by atoms with Gasteiger partial charge in [0, 0.05) is 6.54 Å². The maximum absolute atomic E-state index is 11.6. The number of carbonyl (C=O) groups is 1. The van der Waals surface area contributed by atoms with Gasteiger partial charge in [-0.15, -0.1) is 0 Å². The van der Waals surface area contributed by atoms with E-state index >= 15 is 0 Å². The molecule has 2 N–H and O–H groups in total. The Kier molecular flexibility index (Phi) is 3.40. The van der Waals surface area contributed by atoms with Crippen molar-refractivity contribution in [3.63, 3.8) is 0 Å². The number of piperidine rings is 1. The van der Waals surface area contributed by atoms with Crippen LogP contribution in [0, 0.1) is 0 Å². The number of hydrogen-bond donors (Lipinski definition) is 2. The molecule has 0 aromatic rings. The first-order valence-electron chi connectivity index (χ1n) is 5.88. The van der Waals surface area contributed by atoms with Crippen molar-refractivity contribution in [1.29, 1.82) is 0 Å². The largest absolute Gasteiger partial charge is 0.465 e. The van der Waals surface area contributed by atoms with Crippen LogP contribution in [0.4, 0.5) is 0 Å². The molecular weight excluding hydrogens is 226 g/mol. The molecular formula is C11H19NO5. The van der Waals surface area contributed by atoms with Gasteiger partial charge in [-0.3, -0.25) is 10.1 Å². The molecule has 2 rings (SSSR count). The van der Waals surface area contributed by atoms with E-state index in [4.69, 9.17) is 14.2 Å². The first-order chi connectivity index (χ1) is 7.94. The third-order valence-corrected chi connectivity index (χ3v) is 2.98. The standard InChI is InChI=1S/C11H19NO5/c1-4-15-10(14)7-8(13)9-6(5-12-7)16-11(2,3)17-9/h6-9,12-13H,4-5H2,1-3H3/t6-,7-,8-,9-/m0/s1. The van der Waals surface area contributed by atoms with E-state index in [2.05, 4.69) is 5.32 Å². The Balaban J connectivity index is 2.05. The van der Waals surface area contributed by atoms with Crippen LogP contribution >= 0.6 is 0 Å². The molecule has 0 aromatic carbocycles. The summed E-state index contributed by atoms with van der Waals surface area (Å²) in [6, 6.07) is -0.742. The van der Waals surface area contributed by atoms with Crippen LogP contribution in [-0.4, -0.2) is 54.4 Å². The van der Waals surface area contributed by atoms with Gasteiger partial charge in [-0.1, -0.05) is 0 Å². The highest BCUT2D eigenvalue weighted by Crippen LogP contribution is 2.32. The number of fused-ring (bicyclic) bond motifs is 1. The number of aliphatic hydroxyl groups excluding tert-OH is 1. The smallest absolute Gasteiger partial charge is 0.325 e. The molecule has 0 spiro atoms. The molecule has 6 nitrogen and oxygen atoms in total. The van der Waals surface area contributed by atoms with Crippen LogP contribution in [0.15, 0.2) is 0 Å². The minimum atomic E-state index is -0.949. The molecule has 0 radical (unpaired) electrons. The van der Waals surface area contributed by atoms with Crippen LogP contribution in [0.25, 0.3) is 0 Å². The van der Waals surface area contributed by atoms with Crippen molar-refractivity contribution in [1.82, 2.24) is 5.32 Å². The summed E-state index contributed by atoms with van der Waals surface area (Å²) in [6.45, 7) is 6.07. The zero-order valence-corrected chi connectivity index (χ0v) is 10.3. The van der Waals surface area contributed by atoms with E-state index in [0.717, 1.165) is 0 Å². The van der Waals surface area contributed by atoms with Gasteiger partial charge in [0.15, 0.2) is 5.79 Å². The number of hydrogen-bond acceptors (Lipinski definition) is 6. The van der Waals surface area contributed by atoms with Gasteiger partial charge in [0.2, 0.25) is 0 Å². The van der Waals surface area contributed by atoms with Gasteiger partial charge >= 0.3 is 5.97 Å². The number of nitrogens with one attached hydrogen (secondary N) is 1. The quantitative estimate of drug-likeness (QED) is 0.633. The Labute approximate surface area is 100 Å². The topological polar surface area (TPSA) is 77.0 Å². The zero-order valence-electron chi connectivity index (χ0n) is 10.3. The number of ether oxygens (including phenoxy) is 3.